The van der Waals surface area contributed by atoms with Gasteiger partial charge >= 0.3 is 0 Å². The maximum Gasteiger partial charge on any atom is 0.219 e. The van der Waals surface area contributed by atoms with E-state index in [1.807, 2.05) is 30.5 Å². The maximum absolute atomic E-state index is 7.32. The summed E-state index contributed by atoms with van der Waals surface area (Å²) in [4.78, 5) is 5.31. The van der Waals surface area contributed by atoms with E-state index < -0.39 is 0 Å². The van der Waals surface area contributed by atoms with Crippen molar-refractivity contribution in [3.63, 3.8) is 0 Å². The molecule has 3 N–H and O–H groups in total. The standard InChI is InChI=1S/C13H13N3OS/c1-18-10-7-5-9(6-8-10)17-12-4-2-3-11(16-12)13(14)15/h2-8H,1H3,(H3,14,15). The van der Waals surface area contributed by atoms with Crippen molar-refractivity contribution in [2.45, 2.75) is 4.90 Å². The Balaban J connectivity index is 2.17. The SMILES string of the molecule is CSc1ccc(Oc2cccc(C(=N)N)n2)cc1. The zero-order chi connectivity index (χ0) is 13.0. The van der Waals surface area contributed by atoms with Crippen molar-refractivity contribution in [2.75, 3.05) is 6.26 Å². The molecule has 0 fully saturated rings. The predicted octanol–water partition coefficient (Wildman–Crippen LogP) is 2.88. The van der Waals surface area contributed by atoms with Gasteiger partial charge in [-0.05, 0) is 36.6 Å². The molecular formula is C13H13N3OS. The van der Waals surface area contributed by atoms with Gasteiger partial charge in [0.2, 0.25) is 5.88 Å². The highest BCUT2D eigenvalue weighted by atomic mass is 32.2. The van der Waals surface area contributed by atoms with Gasteiger partial charge in [-0.2, -0.15) is 0 Å². The largest absolute Gasteiger partial charge is 0.439 e. The molecule has 2 aromatic rings. The molecule has 0 unspecified atom stereocenters. The van der Waals surface area contributed by atoms with Crippen LogP contribution in [-0.2, 0) is 0 Å². The Morgan fingerprint density at radius 2 is 1.94 bits per heavy atom. The molecule has 5 heteroatoms. The summed E-state index contributed by atoms with van der Waals surface area (Å²) in [7, 11) is 0. The lowest BCUT2D eigenvalue weighted by Crippen LogP contribution is -2.13. The minimum atomic E-state index is -0.0711. The third-order valence-electron chi connectivity index (χ3n) is 2.28. The van der Waals surface area contributed by atoms with Crippen LogP contribution in [0.3, 0.4) is 0 Å². The summed E-state index contributed by atoms with van der Waals surface area (Å²) in [5.74, 6) is 1.07. The van der Waals surface area contributed by atoms with Crippen LogP contribution in [0, 0.1) is 5.41 Å². The van der Waals surface area contributed by atoms with E-state index in [-0.39, 0.29) is 5.84 Å². The Hall–Kier alpha value is -2.01. The van der Waals surface area contributed by atoms with E-state index in [0.29, 0.717) is 17.3 Å². The van der Waals surface area contributed by atoms with Gasteiger partial charge in [-0.1, -0.05) is 6.07 Å². The summed E-state index contributed by atoms with van der Waals surface area (Å²) >= 11 is 1.67. The molecule has 0 atom stereocenters. The van der Waals surface area contributed by atoms with Crippen LogP contribution in [-0.4, -0.2) is 17.1 Å². The number of nitrogens with two attached hydrogens (primary N) is 1. The molecule has 0 radical (unpaired) electrons. The number of ether oxygens (including phenoxy) is 1. The second-order valence-corrected chi connectivity index (χ2v) is 4.43. The highest BCUT2D eigenvalue weighted by molar-refractivity contribution is 7.98. The Morgan fingerprint density at radius 1 is 1.22 bits per heavy atom. The molecule has 92 valence electrons. The molecule has 0 aliphatic heterocycles. The highest BCUT2D eigenvalue weighted by Gasteiger charge is 2.02. The van der Waals surface area contributed by atoms with Gasteiger partial charge in [0, 0.05) is 11.0 Å². The maximum atomic E-state index is 7.32. The lowest BCUT2D eigenvalue weighted by atomic mass is 10.3. The second kappa shape index (κ2) is 5.55. The van der Waals surface area contributed by atoms with Crippen LogP contribution in [0.1, 0.15) is 5.69 Å². The van der Waals surface area contributed by atoms with E-state index in [4.69, 9.17) is 15.9 Å². The molecule has 0 aliphatic rings. The van der Waals surface area contributed by atoms with Crippen molar-refractivity contribution >= 4 is 17.6 Å². The molecular weight excluding hydrogens is 246 g/mol. The molecule has 0 amide bonds. The molecule has 0 bridgehead atoms. The molecule has 1 aromatic heterocycles. The summed E-state index contributed by atoms with van der Waals surface area (Å²) in [6.07, 6.45) is 2.02. The number of rotatable bonds is 4. The van der Waals surface area contributed by atoms with Crippen molar-refractivity contribution in [1.29, 1.82) is 5.41 Å². The number of pyridine rings is 1. The van der Waals surface area contributed by atoms with Crippen molar-refractivity contribution in [3.05, 3.63) is 48.2 Å². The van der Waals surface area contributed by atoms with Crippen molar-refractivity contribution < 1.29 is 4.74 Å². The lowest BCUT2D eigenvalue weighted by molar-refractivity contribution is 0.462. The summed E-state index contributed by atoms with van der Waals surface area (Å²) in [6, 6.07) is 12.9. The normalized spacial score (nSPS) is 10.1. The second-order valence-electron chi connectivity index (χ2n) is 3.55. The van der Waals surface area contributed by atoms with Crippen molar-refractivity contribution in [1.82, 2.24) is 4.98 Å². The number of hydrogen-bond donors (Lipinski definition) is 2. The first-order chi connectivity index (χ1) is 8.69. The Bertz CT molecular complexity index is 554. The lowest BCUT2D eigenvalue weighted by Gasteiger charge is -2.06. The summed E-state index contributed by atoms with van der Waals surface area (Å²) in [5, 5.41) is 7.32. The smallest absolute Gasteiger partial charge is 0.219 e. The summed E-state index contributed by atoms with van der Waals surface area (Å²) in [6.45, 7) is 0. The van der Waals surface area contributed by atoms with Gasteiger partial charge in [-0.15, -0.1) is 11.8 Å². The molecule has 0 saturated heterocycles. The summed E-state index contributed by atoms with van der Waals surface area (Å²) in [5.41, 5.74) is 5.79. The monoisotopic (exact) mass is 259 g/mol. The van der Waals surface area contributed by atoms with Gasteiger partial charge in [-0.25, -0.2) is 4.98 Å². The molecule has 0 spiro atoms. The number of nitrogens with one attached hydrogen (secondary N) is 1. The van der Waals surface area contributed by atoms with Gasteiger partial charge in [0.25, 0.3) is 0 Å². The van der Waals surface area contributed by atoms with Gasteiger partial charge in [0.1, 0.15) is 17.3 Å². The average molecular weight is 259 g/mol. The van der Waals surface area contributed by atoms with E-state index in [9.17, 15) is 0 Å². The van der Waals surface area contributed by atoms with Gasteiger partial charge in [0.15, 0.2) is 0 Å². The van der Waals surface area contributed by atoms with Crippen LogP contribution in [0.5, 0.6) is 11.6 Å². The van der Waals surface area contributed by atoms with E-state index in [2.05, 4.69) is 4.98 Å². The Kier molecular flexibility index (Phi) is 3.84. The van der Waals surface area contributed by atoms with Crippen LogP contribution in [0.4, 0.5) is 0 Å². The van der Waals surface area contributed by atoms with Crippen LogP contribution >= 0.6 is 11.8 Å². The van der Waals surface area contributed by atoms with E-state index in [1.54, 1.807) is 30.0 Å². The fourth-order valence-electron chi connectivity index (χ4n) is 1.39. The zero-order valence-corrected chi connectivity index (χ0v) is 10.7. The first-order valence-electron chi connectivity index (χ1n) is 5.32. The zero-order valence-electron chi connectivity index (χ0n) is 9.88. The summed E-state index contributed by atoms with van der Waals surface area (Å²) < 4.78 is 5.60. The molecule has 2 rings (SSSR count). The topological polar surface area (TPSA) is 72.0 Å². The minimum absolute atomic E-state index is 0.0711. The van der Waals surface area contributed by atoms with Crippen LogP contribution in [0.2, 0.25) is 0 Å². The quantitative estimate of drug-likeness (QED) is 0.503. The predicted molar refractivity (Wildman–Crippen MR) is 73.6 cm³/mol. The van der Waals surface area contributed by atoms with Crippen LogP contribution < -0.4 is 10.5 Å². The van der Waals surface area contributed by atoms with Gasteiger partial charge < -0.3 is 10.5 Å². The molecule has 1 heterocycles. The van der Waals surface area contributed by atoms with E-state index in [1.165, 1.54) is 4.90 Å². The van der Waals surface area contributed by atoms with Crippen LogP contribution in [0.15, 0.2) is 47.4 Å². The fraction of sp³-hybridized carbons (Fsp3) is 0.0769. The Labute approximate surface area is 110 Å². The van der Waals surface area contributed by atoms with Crippen molar-refractivity contribution in [2.24, 2.45) is 5.73 Å². The number of benzene rings is 1. The number of nitrogens with zero attached hydrogens (tertiary/aromatic N) is 1. The minimum Gasteiger partial charge on any atom is -0.439 e. The third kappa shape index (κ3) is 3.01. The molecule has 0 aliphatic carbocycles. The average Bonchev–Trinajstić information content (AvgIpc) is 2.40. The Morgan fingerprint density at radius 3 is 2.56 bits per heavy atom. The van der Waals surface area contributed by atoms with E-state index in [0.717, 1.165) is 0 Å². The molecule has 18 heavy (non-hydrogen) atoms. The molecule has 4 nitrogen and oxygen atoms in total. The number of thioether (sulfide) groups is 1. The number of nitrogen functional groups attached to an aromatic ring is 1. The number of aromatic nitrogens is 1. The van der Waals surface area contributed by atoms with E-state index >= 15 is 0 Å². The highest BCUT2D eigenvalue weighted by Crippen LogP contribution is 2.23. The van der Waals surface area contributed by atoms with Crippen LogP contribution in [0.25, 0.3) is 0 Å². The van der Waals surface area contributed by atoms with Gasteiger partial charge in [-0.3, -0.25) is 5.41 Å². The van der Waals surface area contributed by atoms with Crippen molar-refractivity contribution in [3.8, 4) is 11.6 Å². The molecule has 1 aromatic carbocycles. The van der Waals surface area contributed by atoms with Gasteiger partial charge in [0.05, 0.1) is 0 Å². The fourth-order valence-corrected chi connectivity index (χ4v) is 1.79. The molecule has 0 saturated carbocycles. The number of hydrogen-bond acceptors (Lipinski definition) is 4. The third-order valence-corrected chi connectivity index (χ3v) is 3.02. The first kappa shape index (κ1) is 12.4. The number of amidine groups is 1. The first-order valence-corrected chi connectivity index (χ1v) is 6.55.